The van der Waals surface area contributed by atoms with Gasteiger partial charge in [-0.3, -0.25) is 0 Å². The van der Waals surface area contributed by atoms with Gasteiger partial charge in [0.05, 0.1) is 4.47 Å². The second kappa shape index (κ2) is 4.83. The summed E-state index contributed by atoms with van der Waals surface area (Å²) in [7, 11) is 0. The van der Waals surface area contributed by atoms with E-state index >= 15 is 0 Å². The summed E-state index contributed by atoms with van der Waals surface area (Å²) in [6.45, 7) is 3.31. The van der Waals surface area contributed by atoms with Crippen LogP contribution in [0.4, 0.5) is 5.82 Å². The Labute approximate surface area is 107 Å². The summed E-state index contributed by atoms with van der Waals surface area (Å²) < 4.78 is 2.02. The summed E-state index contributed by atoms with van der Waals surface area (Å²) in [6, 6.07) is 2.01. The molecule has 0 aliphatic heterocycles. The van der Waals surface area contributed by atoms with Gasteiger partial charge in [-0.05, 0) is 56.2 Å². The minimum absolute atomic E-state index is 0.854. The van der Waals surface area contributed by atoms with Crippen LogP contribution in [0.15, 0.2) is 21.2 Å². The topological polar surface area (TPSA) is 24.9 Å². The number of aromatic nitrogens is 1. The molecule has 2 rings (SSSR count). The molecule has 0 saturated heterocycles. The van der Waals surface area contributed by atoms with Crippen LogP contribution in [-0.2, 0) is 0 Å². The molecule has 0 radical (unpaired) electrons. The largest absolute Gasteiger partial charge is 0.369 e. The molecule has 2 nitrogen and oxygen atoms in total. The summed E-state index contributed by atoms with van der Waals surface area (Å²) in [5.74, 6) is 2.74. The Morgan fingerprint density at radius 2 is 2.27 bits per heavy atom. The number of pyridine rings is 1. The lowest BCUT2D eigenvalue weighted by molar-refractivity contribution is 0.700. The van der Waals surface area contributed by atoms with E-state index in [9.17, 15) is 0 Å². The molecule has 82 valence electrons. The second-order valence-electron chi connectivity index (χ2n) is 4.03. The molecule has 0 spiro atoms. The van der Waals surface area contributed by atoms with Crippen molar-refractivity contribution in [1.29, 1.82) is 0 Å². The SMILES string of the molecule is CC[C@@H]1C[C@H]1CNc1ncc(Br)cc1Br. The number of nitrogens with one attached hydrogen (secondary N) is 1. The van der Waals surface area contributed by atoms with E-state index in [-0.39, 0.29) is 0 Å². The van der Waals surface area contributed by atoms with Gasteiger partial charge in [0.25, 0.3) is 0 Å². The van der Waals surface area contributed by atoms with Gasteiger partial charge in [-0.25, -0.2) is 4.98 Å². The molecule has 0 bridgehead atoms. The van der Waals surface area contributed by atoms with E-state index in [0.29, 0.717) is 0 Å². The van der Waals surface area contributed by atoms with Crippen LogP contribution in [0, 0.1) is 11.8 Å². The Balaban J connectivity index is 1.88. The molecule has 1 aromatic rings. The number of rotatable bonds is 4. The third-order valence-corrected chi connectivity index (χ3v) is 3.97. The first kappa shape index (κ1) is 11.4. The van der Waals surface area contributed by atoms with Crippen molar-refractivity contribution in [3.05, 3.63) is 21.2 Å². The monoisotopic (exact) mass is 332 g/mol. The van der Waals surface area contributed by atoms with Gasteiger partial charge >= 0.3 is 0 Å². The number of halogens is 2. The van der Waals surface area contributed by atoms with Crippen LogP contribution in [0.25, 0.3) is 0 Å². The van der Waals surface area contributed by atoms with Crippen LogP contribution in [0.1, 0.15) is 19.8 Å². The summed E-state index contributed by atoms with van der Waals surface area (Å²) >= 11 is 6.88. The fourth-order valence-corrected chi connectivity index (χ4v) is 2.96. The van der Waals surface area contributed by atoms with Gasteiger partial charge in [-0.2, -0.15) is 0 Å². The molecule has 1 fully saturated rings. The van der Waals surface area contributed by atoms with E-state index in [2.05, 4.69) is 49.1 Å². The predicted octanol–water partition coefficient (Wildman–Crippen LogP) is 4.06. The molecule has 1 saturated carbocycles. The van der Waals surface area contributed by atoms with Crippen molar-refractivity contribution in [3.8, 4) is 0 Å². The summed E-state index contributed by atoms with van der Waals surface area (Å²) in [5, 5.41) is 3.39. The van der Waals surface area contributed by atoms with Crippen LogP contribution in [-0.4, -0.2) is 11.5 Å². The highest BCUT2D eigenvalue weighted by Crippen LogP contribution is 2.41. The lowest BCUT2D eigenvalue weighted by Gasteiger charge is -2.07. The van der Waals surface area contributed by atoms with E-state index in [1.54, 1.807) is 0 Å². The van der Waals surface area contributed by atoms with Gasteiger partial charge in [-0.15, -0.1) is 0 Å². The number of nitrogens with zero attached hydrogens (tertiary/aromatic N) is 1. The van der Waals surface area contributed by atoms with E-state index in [0.717, 1.165) is 33.1 Å². The minimum atomic E-state index is 0.854. The van der Waals surface area contributed by atoms with Crippen molar-refractivity contribution in [3.63, 3.8) is 0 Å². The van der Waals surface area contributed by atoms with Crippen molar-refractivity contribution in [1.82, 2.24) is 4.98 Å². The molecule has 0 aromatic carbocycles. The molecule has 2 atom stereocenters. The zero-order valence-electron chi connectivity index (χ0n) is 8.63. The number of hydrogen-bond acceptors (Lipinski definition) is 2. The summed E-state index contributed by atoms with van der Waals surface area (Å²) in [4.78, 5) is 4.32. The van der Waals surface area contributed by atoms with Crippen LogP contribution in [0.5, 0.6) is 0 Å². The lowest BCUT2D eigenvalue weighted by Crippen LogP contribution is -2.06. The van der Waals surface area contributed by atoms with Crippen LogP contribution < -0.4 is 5.32 Å². The highest BCUT2D eigenvalue weighted by Gasteiger charge is 2.34. The second-order valence-corrected chi connectivity index (χ2v) is 5.80. The number of hydrogen-bond donors (Lipinski definition) is 1. The van der Waals surface area contributed by atoms with Crippen molar-refractivity contribution in [2.24, 2.45) is 11.8 Å². The Bertz CT molecular complexity index is 354. The summed E-state index contributed by atoms with van der Waals surface area (Å²) in [5.41, 5.74) is 0. The molecular formula is C11H14Br2N2. The first-order valence-electron chi connectivity index (χ1n) is 5.25. The molecule has 15 heavy (non-hydrogen) atoms. The Morgan fingerprint density at radius 1 is 1.47 bits per heavy atom. The standard InChI is InChI=1S/C11H14Br2N2/c1-2-7-3-8(7)5-14-11-10(13)4-9(12)6-15-11/h4,6-8H,2-3,5H2,1H3,(H,14,15)/t7-,8+/m1/s1. The Morgan fingerprint density at radius 3 is 2.87 bits per heavy atom. The van der Waals surface area contributed by atoms with Crippen molar-refractivity contribution >= 4 is 37.7 Å². The first-order chi connectivity index (χ1) is 7.20. The Kier molecular flexibility index (Phi) is 3.67. The zero-order chi connectivity index (χ0) is 10.8. The molecule has 1 aromatic heterocycles. The quantitative estimate of drug-likeness (QED) is 0.898. The van der Waals surface area contributed by atoms with Gasteiger partial charge in [0, 0.05) is 17.2 Å². The third-order valence-electron chi connectivity index (χ3n) is 2.93. The third kappa shape index (κ3) is 2.94. The van der Waals surface area contributed by atoms with Gasteiger partial charge in [0.15, 0.2) is 0 Å². The van der Waals surface area contributed by atoms with Crippen LogP contribution >= 0.6 is 31.9 Å². The van der Waals surface area contributed by atoms with Gasteiger partial charge in [-0.1, -0.05) is 13.3 Å². The highest BCUT2D eigenvalue weighted by molar-refractivity contribution is 9.11. The van der Waals surface area contributed by atoms with Crippen molar-refractivity contribution < 1.29 is 0 Å². The number of anilines is 1. The zero-order valence-corrected chi connectivity index (χ0v) is 11.8. The fraction of sp³-hybridized carbons (Fsp3) is 0.545. The van der Waals surface area contributed by atoms with E-state index in [1.807, 2.05) is 12.3 Å². The fourth-order valence-electron chi connectivity index (χ4n) is 1.83. The van der Waals surface area contributed by atoms with Gasteiger partial charge in [0.2, 0.25) is 0 Å². The Hall–Kier alpha value is -0.0900. The average Bonchev–Trinajstić information content (AvgIpc) is 2.95. The van der Waals surface area contributed by atoms with Crippen molar-refractivity contribution in [2.75, 3.05) is 11.9 Å². The first-order valence-corrected chi connectivity index (χ1v) is 6.84. The molecule has 1 aliphatic carbocycles. The molecular weight excluding hydrogens is 320 g/mol. The van der Waals surface area contributed by atoms with E-state index < -0.39 is 0 Å². The van der Waals surface area contributed by atoms with Gasteiger partial charge in [0.1, 0.15) is 5.82 Å². The smallest absolute Gasteiger partial charge is 0.140 e. The lowest BCUT2D eigenvalue weighted by atomic mass is 10.2. The molecule has 1 aliphatic rings. The normalized spacial score (nSPS) is 23.9. The molecule has 4 heteroatoms. The maximum atomic E-state index is 4.32. The maximum absolute atomic E-state index is 4.32. The van der Waals surface area contributed by atoms with Crippen molar-refractivity contribution in [2.45, 2.75) is 19.8 Å². The van der Waals surface area contributed by atoms with E-state index in [1.165, 1.54) is 12.8 Å². The molecule has 0 amide bonds. The van der Waals surface area contributed by atoms with Crippen LogP contribution in [0.2, 0.25) is 0 Å². The van der Waals surface area contributed by atoms with Crippen LogP contribution in [0.3, 0.4) is 0 Å². The minimum Gasteiger partial charge on any atom is -0.369 e. The maximum Gasteiger partial charge on any atom is 0.140 e. The van der Waals surface area contributed by atoms with Gasteiger partial charge < -0.3 is 5.32 Å². The summed E-state index contributed by atoms with van der Waals surface area (Å²) in [6.07, 6.45) is 4.50. The average molecular weight is 334 g/mol. The highest BCUT2D eigenvalue weighted by atomic mass is 79.9. The predicted molar refractivity (Wildman–Crippen MR) is 70.0 cm³/mol. The molecule has 1 heterocycles. The van der Waals surface area contributed by atoms with E-state index in [4.69, 9.17) is 0 Å². The molecule has 0 unspecified atom stereocenters. The molecule has 1 N–H and O–H groups in total.